The fourth-order valence-electron chi connectivity index (χ4n) is 3.40. The number of aromatic nitrogens is 3. The Morgan fingerprint density at radius 1 is 1.07 bits per heavy atom. The number of fused-ring (bicyclic) bond motifs is 1. The zero-order chi connectivity index (χ0) is 18.6. The Hall–Kier alpha value is -2.64. The topological polar surface area (TPSA) is 43.2 Å². The molecule has 4 rings (SSSR count). The van der Waals surface area contributed by atoms with Crippen LogP contribution in [-0.4, -0.2) is 32.8 Å². The minimum absolute atomic E-state index is 0.0608. The van der Waals surface area contributed by atoms with Gasteiger partial charge in [0.05, 0.1) is 24.9 Å². The molecule has 1 aromatic carbocycles. The quantitative estimate of drug-likeness (QED) is 0.668. The highest BCUT2D eigenvalue weighted by molar-refractivity contribution is 5.18. The second-order valence-corrected chi connectivity index (χ2v) is 6.72. The average molecular weight is 370 g/mol. The van der Waals surface area contributed by atoms with Crippen LogP contribution in [0.2, 0.25) is 0 Å². The SMILES string of the molecule is Fc1ccc(CN2Cc3ccnn3C(COCc3cccnc3)C2)cc1F. The van der Waals surface area contributed by atoms with E-state index < -0.39 is 11.6 Å². The lowest BCUT2D eigenvalue weighted by molar-refractivity contribution is 0.0532. The Bertz CT molecular complexity index is 900. The van der Waals surface area contributed by atoms with Crippen molar-refractivity contribution in [2.24, 2.45) is 0 Å². The van der Waals surface area contributed by atoms with E-state index in [4.69, 9.17) is 4.74 Å². The molecule has 0 radical (unpaired) electrons. The molecule has 0 saturated carbocycles. The molecule has 0 aliphatic carbocycles. The number of rotatable bonds is 6. The van der Waals surface area contributed by atoms with Gasteiger partial charge in [0, 0.05) is 38.2 Å². The lowest BCUT2D eigenvalue weighted by atomic mass is 10.1. The molecule has 0 spiro atoms. The van der Waals surface area contributed by atoms with Gasteiger partial charge in [-0.1, -0.05) is 12.1 Å². The van der Waals surface area contributed by atoms with E-state index in [9.17, 15) is 8.78 Å². The molecule has 140 valence electrons. The van der Waals surface area contributed by atoms with Gasteiger partial charge in [-0.15, -0.1) is 0 Å². The fourth-order valence-corrected chi connectivity index (χ4v) is 3.40. The molecule has 0 fully saturated rings. The number of nitrogens with zero attached hydrogens (tertiary/aromatic N) is 4. The van der Waals surface area contributed by atoms with E-state index in [1.807, 2.05) is 22.9 Å². The van der Waals surface area contributed by atoms with Crippen LogP contribution in [0.5, 0.6) is 0 Å². The van der Waals surface area contributed by atoms with Crippen molar-refractivity contribution in [2.45, 2.75) is 25.7 Å². The number of benzene rings is 1. The van der Waals surface area contributed by atoms with Gasteiger partial charge in [-0.2, -0.15) is 5.10 Å². The van der Waals surface area contributed by atoms with Crippen molar-refractivity contribution < 1.29 is 13.5 Å². The molecule has 3 aromatic rings. The molecule has 0 saturated heterocycles. The second kappa shape index (κ2) is 7.94. The summed E-state index contributed by atoms with van der Waals surface area (Å²) < 4.78 is 34.5. The van der Waals surface area contributed by atoms with Crippen LogP contribution in [0.3, 0.4) is 0 Å². The molecule has 0 bridgehead atoms. The number of pyridine rings is 1. The number of hydrogen-bond donors (Lipinski definition) is 0. The van der Waals surface area contributed by atoms with Gasteiger partial charge >= 0.3 is 0 Å². The van der Waals surface area contributed by atoms with E-state index >= 15 is 0 Å². The van der Waals surface area contributed by atoms with Crippen molar-refractivity contribution in [3.63, 3.8) is 0 Å². The Morgan fingerprint density at radius 3 is 2.81 bits per heavy atom. The minimum Gasteiger partial charge on any atom is -0.374 e. The molecule has 7 heteroatoms. The van der Waals surface area contributed by atoms with E-state index in [0.29, 0.717) is 26.3 Å². The zero-order valence-electron chi connectivity index (χ0n) is 14.8. The lowest BCUT2D eigenvalue weighted by Gasteiger charge is -2.33. The van der Waals surface area contributed by atoms with E-state index in [2.05, 4.69) is 15.0 Å². The molecular weight excluding hydrogens is 350 g/mol. The van der Waals surface area contributed by atoms with Crippen molar-refractivity contribution in [3.8, 4) is 0 Å². The first-order chi connectivity index (χ1) is 13.2. The van der Waals surface area contributed by atoms with E-state index in [-0.39, 0.29) is 6.04 Å². The van der Waals surface area contributed by atoms with E-state index in [1.165, 1.54) is 12.1 Å². The van der Waals surface area contributed by atoms with Gasteiger partial charge < -0.3 is 4.74 Å². The summed E-state index contributed by atoms with van der Waals surface area (Å²) in [6.07, 6.45) is 5.30. The Balaban J connectivity index is 1.41. The smallest absolute Gasteiger partial charge is 0.159 e. The van der Waals surface area contributed by atoms with Crippen LogP contribution in [0.25, 0.3) is 0 Å². The third kappa shape index (κ3) is 4.20. The van der Waals surface area contributed by atoms with Crippen LogP contribution < -0.4 is 0 Å². The van der Waals surface area contributed by atoms with E-state index in [1.54, 1.807) is 24.7 Å². The molecule has 1 aliphatic rings. The maximum atomic E-state index is 13.5. The van der Waals surface area contributed by atoms with Crippen LogP contribution >= 0.6 is 0 Å². The number of hydrogen-bond acceptors (Lipinski definition) is 4. The summed E-state index contributed by atoms with van der Waals surface area (Å²) in [6, 6.07) is 9.95. The molecule has 1 atom stereocenters. The molecule has 1 unspecified atom stereocenters. The maximum Gasteiger partial charge on any atom is 0.159 e. The van der Waals surface area contributed by atoms with Gasteiger partial charge in [0.2, 0.25) is 0 Å². The largest absolute Gasteiger partial charge is 0.374 e. The first-order valence-electron chi connectivity index (χ1n) is 8.84. The second-order valence-electron chi connectivity index (χ2n) is 6.72. The van der Waals surface area contributed by atoms with Gasteiger partial charge in [0.1, 0.15) is 0 Å². The van der Waals surface area contributed by atoms with Gasteiger partial charge in [-0.25, -0.2) is 8.78 Å². The molecule has 1 aliphatic heterocycles. The van der Waals surface area contributed by atoms with Gasteiger partial charge in [0.15, 0.2) is 11.6 Å². The summed E-state index contributed by atoms with van der Waals surface area (Å²) >= 11 is 0. The van der Waals surface area contributed by atoms with Crippen LogP contribution in [-0.2, 0) is 24.4 Å². The highest BCUT2D eigenvalue weighted by Gasteiger charge is 2.26. The van der Waals surface area contributed by atoms with E-state index in [0.717, 1.165) is 23.4 Å². The molecule has 5 nitrogen and oxygen atoms in total. The molecule has 3 heterocycles. The maximum absolute atomic E-state index is 13.5. The van der Waals surface area contributed by atoms with Gasteiger partial charge in [0.25, 0.3) is 0 Å². The molecule has 0 amide bonds. The summed E-state index contributed by atoms with van der Waals surface area (Å²) in [7, 11) is 0. The minimum atomic E-state index is -0.822. The van der Waals surface area contributed by atoms with Gasteiger partial charge in [-0.05, 0) is 35.4 Å². The van der Waals surface area contributed by atoms with Crippen LogP contribution in [0.15, 0.2) is 55.0 Å². The molecule has 27 heavy (non-hydrogen) atoms. The molecular formula is C20H20F2N4O. The average Bonchev–Trinajstić information content (AvgIpc) is 3.14. The Labute approximate surface area is 156 Å². The summed E-state index contributed by atoms with van der Waals surface area (Å²) in [6.45, 7) is 2.97. The molecule has 2 aromatic heterocycles. The predicted octanol–water partition coefficient (Wildman–Crippen LogP) is 3.33. The summed E-state index contributed by atoms with van der Waals surface area (Å²) in [4.78, 5) is 6.28. The van der Waals surface area contributed by atoms with Crippen molar-refractivity contribution in [1.29, 1.82) is 0 Å². The summed E-state index contributed by atoms with van der Waals surface area (Å²) in [5.41, 5.74) is 2.85. The fraction of sp³-hybridized carbons (Fsp3) is 0.300. The van der Waals surface area contributed by atoms with Crippen molar-refractivity contribution in [2.75, 3.05) is 13.2 Å². The third-order valence-electron chi connectivity index (χ3n) is 4.64. The number of halogens is 2. The van der Waals surface area contributed by atoms with Crippen LogP contribution in [0.1, 0.15) is 22.9 Å². The monoisotopic (exact) mass is 370 g/mol. The summed E-state index contributed by atoms with van der Waals surface area (Å²) in [5.74, 6) is -1.64. The zero-order valence-corrected chi connectivity index (χ0v) is 14.8. The van der Waals surface area contributed by atoms with Crippen molar-refractivity contribution in [3.05, 3.63) is 83.4 Å². The number of ether oxygens (including phenoxy) is 1. The van der Waals surface area contributed by atoms with Crippen LogP contribution in [0.4, 0.5) is 8.78 Å². The predicted molar refractivity (Wildman–Crippen MR) is 95.6 cm³/mol. The normalized spacial score (nSPS) is 17.0. The Morgan fingerprint density at radius 2 is 2.00 bits per heavy atom. The first kappa shape index (κ1) is 17.8. The Kier molecular flexibility index (Phi) is 5.22. The highest BCUT2D eigenvalue weighted by Crippen LogP contribution is 2.23. The first-order valence-corrected chi connectivity index (χ1v) is 8.84. The highest BCUT2D eigenvalue weighted by atomic mass is 19.2. The van der Waals surface area contributed by atoms with Crippen molar-refractivity contribution in [1.82, 2.24) is 19.7 Å². The molecule has 0 N–H and O–H groups in total. The standard InChI is InChI=1S/C20H20F2N4O/c21-19-4-3-15(8-20(19)22)10-25-11-17-5-7-24-26(17)18(12-25)14-27-13-16-2-1-6-23-9-16/h1-9,18H,10-14H2. The third-order valence-corrected chi connectivity index (χ3v) is 4.64. The lowest BCUT2D eigenvalue weighted by Crippen LogP contribution is -2.39. The van der Waals surface area contributed by atoms with Gasteiger partial charge in [-0.3, -0.25) is 14.6 Å². The van der Waals surface area contributed by atoms with Crippen LogP contribution in [0, 0.1) is 11.6 Å². The van der Waals surface area contributed by atoms with Crippen molar-refractivity contribution >= 4 is 0 Å². The summed E-state index contributed by atoms with van der Waals surface area (Å²) in [5, 5.41) is 4.42.